The molecule has 0 atom stereocenters. The standard InChI is InChI=1S/C21H17N3O5/c1-13-10-19(29-23-13)16-11-20(26)24(22-21(16)18-4-3-9-28-18)12-17(25)14-5-7-15(27-2)8-6-14/h3-11H,12H2,1-2H3. The highest BCUT2D eigenvalue weighted by molar-refractivity contribution is 5.96. The fourth-order valence-corrected chi connectivity index (χ4v) is 2.88. The number of rotatable bonds is 6. The molecular weight excluding hydrogens is 374 g/mol. The maximum atomic E-state index is 12.6. The Kier molecular flexibility index (Phi) is 4.82. The summed E-state index contributed by atoms with van der Waals surface area (Å²) < 4.78 is 17.0. The van der Waals surface area contributed by atoms with Gasteiger partial charge in [-0.1, -0.05) is 5.16 Å². The summed E-state index contributed by atoms with van der Waals surface area (Å²) >= 11 is 0. The number of benzene rings is 1. The Balaban J connectivity index is 1.73. The van der Waals surface area contributed by atoms with Gasteiger partial charge in [0.05, 0.1) is 24.6 Å². The molecule has 8 heteroatoms. The lowest BCUT2D eigenvalue weighted by atomic mass is 10.1. The fourth-order valence-electron chi connectivity index (χ4n) is 2.88. The fraction of sp³-hybridized carbons (Fsp3) is 0.143. The lowest BCUT2D eigenvalue weighted by molar-refractivity contribution is 0.0965. The number of ether oxygens (including phenoxy) is 1. The third-order valence-electron chi connectivity index (χ3n) is 4.35. The summed E-state index contributed by atoms with van der Waals surface area (Å²) in [5.41, 5.74) is 1.51. The van der Waals surface area contributed by atoms with Gasteiger partial charge in [0.1, 0.15) is 18.0 Å². The van der Waals surface area contributed by atoms with Crippen molar-refractivity contribution in [2.75, 3.05) is 7.11 Å². The summed E-state index contributed by atoms with van der Waals surface area (Å²) in [6.45, 7) is 1.57. The average molecular weight is 391 g/mol. The van der Waals surface area contributed by atoms with Gasteiger partial charge in [0.2, 0.25) is 0 Å². The van der Waals surface area contributed by atoms with E-state index in [4.69, 9.17) is 13.7 Å². The minimum absolute atomic E-state index is 0.214. The molecule has 4 aromatic rings. The van der Waals surface area contributed by atoms with Crippen LogP contribution in [0.15, 0.2) is 68.5 Å². The van der Waals surface area contributed by atoms with E-state index in [0.29, 0.717) is 39.8 Å². The molecule has 4 rings (SSSR count). The Morgan fingerprint density at radius 3 is 2.55 bits per heavy atom. The summed E-state index contributed by atoms with van der Waals surface area (Å²) in [6.07, 6.45) is 1.50. The van der Waals surface area contributed by atoms with Crippen molar-refractivity contribution in [1.82, 2.24) is 14.9 Å². The number of aromatic nitrogens is 3. The first kappa shape index (κ1) is 18.4. The summed E-state index contributed by atoms with van der Waals surface area (Å²) in [5.74, 6) is 1.23. The van der Waals surface area contributed by atoms with Crippen molar-refractivity contribution in [1.29, 1.82) is 0 Å². The second-order valence-electron chi connectivity index (χ2n) is 6.36. The van der Waals surface area contributed by atoms with Crippen molar-refractivity contribution in [2.24, 2.45) is 0 Å². The number of ketones is 1. The smallest absolute Gasteiger partial charge is 0.267 e. The molecule has 8 nitrogen and oxygen atoms in total. The number of furan rings is 1. The van der Waals surface area contributed by atoms with Crippen LogP contribution in [0, 0.1) is 6.92 Å². The average Bonchev–Trinajstić information content (AvgIpc) is 3.41. The SMILES string of the molecule is COc1ccc(C(=O)Cn2nc(-c3ccco3)c(-c3cc(C)no3)cc2=O)cc1. The number of Topliss-reactive ketones (excluding diaryl/α,β-unsaturated/α-hetero) is 1. The molecule has 0 radical (unpaired) electrons. The van der Waals surface area contributed by atoms with Gasteiger partial charge in [-0.2, -0.15) is 5.10 Å². The Hall–Kier alpha value is -3.94. The van der Waals surface area contributed by atoms with Gasteiger partial charge in [-0.15, -0.1) is 0 Å². The normalized spacial score (nSPS) is 10.8. The first-order valence-corrected chi connectivity index (χ1v) is 8.82. The van der Waals surface area contributed by atoms with E-state index in [1.807, 2.05) is 0 Å². The van der Waals surface area contributed by atoms with E-state index in [0.717, 1.165) is 4.68 Å². The van der Waals surface area contributed by atoms with Crippen LogP contribution in [-0.4, -0.2) is 27.8 Å². The van der Waals surface area contributed by atoms with Crippen LogP contribution < -0.4 is 10.3 Å². The zero-order valence-electron chi connectivity index (χ0n) is 15.8. The molecule has 3 aromatic heterocycles. The van der Waals surface area contributed by atoms with Crippen LogP contribution in [0.1, 0.15) is 16.1 Å². The van der Waals surface area contributed by atoms with Crippen molar-refractivity contribution in [3.8, 4) is 28.5 Å². The van der Waals surface area contributed by atoms with Gasteiger partial charge in [0.25, 0.3) is 5.56 Å². The van der Waals surface area contributed by atoms with Crippen LogP contribution in [-0.2, 0) is 6.54 Å². The van der Waals surface area contributed by atoms with E-state index in [1.54, 1.807) is 56.5 Å². The van der Waals surface area contributed by atoms with Crippen molar-refractivity contribution in [3.63, 3.8) is 0 Å². The minimum Gasteiger partial charge on any atom is -0.497 e. The third-order valence-corrected chi connectivity index (χ3v) is 4.35. The number of carbonyl (C=O) groups is 1. The van der Waals surface area contributed by atoms with Crippen molar-refractivity contribution in [3.05, 3.63) is 76.4 Å². The van der Waals surface area contributed by atoms with Gasteiger partial charge >= 0.3 is 0 Å². The predicted molar refractivity (Wildman–Crippen MR) is 104 cm³/mol. The molecule has 0 aliphatic carbocycles. The Morgan fingerprint density at radius 1 is 1.14 bits per heavy atom. The van der Waals surface area contributed by atoms with Crippen LogP contribution in [0.3, 0.4) is 0 Å². The zero-order valence-corrected chi connectivity index (χ0v) is 15.8. The summed E-state index contributed by atoms with van der Waals surface area (Å²) in [7, 11) is 1.55. The lowest BCUT2D eigenvalue weighted by Crippen LogP contribution is -2.27. The van der Waals surface area contributed by atoms with Gasteiger partial charge in [-0.25, -0.2) is 4.68 Å². The van der Waals surface area contributed by atoms with Crippen LogP contribution >= 0.6 is 0 Å². The molecule has 0 amide bonds. The van der Waals surface area contributed by atoms with Crippen LogP contribution in [0.25, 0.3) is 22.8 Å². The van der Waals surface area contributed by atoms with Gasteiger partial charge in [0.15, 0.2) is 17.3 Å². The second kappa shape index (κ2) is 7.59. The number of hydrogen-bond donors (Lipinski definition) is 0. The third kappa shape index (κ3) is 3.73. The van der Waals surface area contributed by atoms with E-state index in [1.165, 1.54) is 12.3 Å². The Labute approximate surface area is 165 Å². The topological polar surface area (TPSA) is 100 Å². The number of carbonyl (C=O) groups excluding carboxylic acids is 1. The van der Waals surface area contributed by atoms with Crippen LogP contribution in [0.4, 0.5) is 0 Å². The van der Waals surface area contributed by atoms with Crippen molar-refractivity contribution >= 4 is 5.78 Å². The maximum Gasteiger partial charge on any atom is 0.267 e. The summed E-state index contributed by atoms with van der Waals surface area (Å²) in [6, 6.07) is 13.2. The number of methoxy groups -OCH3 is 1. The van der Waals surface area contributed by atoms with E-state index in [2.05, 4.69) is 10.3 Å². The quantitative estimate of drug-likeness (QED) is 0.465. The monoisotopic (exact) mass is 391 g/mol. The summed E-state index contributed by atoms with van der Waals surface area (Å²) in [5, 5.41) is 8.24. The van der Waals surface area contributed by atoms with E-state index < -0.39 is 5.56 Å². The molecule has 0 aliphatic heterocycles. The van der Waals surface area contributed by atoms with Crippen molar-refractivity contribution < 1.29 is 18.5 Å². The molecule has 0 unspecified atom stereocenters. The van der Waals surface area contributed by atoms with Gasteiger partial charge in [-0.05, 0) is 43.3 Å². The van der Waals surface area contributed by atoms with Gasteiger partial charge in [0, 0.05) is 17.7 Å². The Bertz CT molecular complexity index is 1200. The highest BCUT2D eigenvalue weighted by Gasteiger charge is 2.19. The molecule has 146 valence electrons. The highest BCUT2D eigenvalue weighted by Crippen LogP contribution is 2.29. The van der Waals surface area contributed by atoms with Crippen LogP contribution in [0.2, 0.25) is 0 Å². The zero-order chi connectivity index (χ0) is 20.4. The van der Waals surface area contributed by atoms with Crippen molar-refractivity contribution in [2.45, 2.75) is 13.5 Å². The molecule has 0 aliphatic rings. The molecule has 1 aromatic carbocycles. The second-order valence-corrected chi connectivity index (χ2v) is 6.36. The molecular formula is C21H17N3O5. The molecule has 0 saturated carbocycles. The van der Waals surface area contributed by atoms with Gasteiger partial charge < -0.3 is 13.7 Å². The van der Waals surface area contributed by atoms with E-state index >= 15 is 0 Å². The molecule has 0 spiro atoms. The maximum absolute atomic E-state index is 12.6. The highest BCUT2D eigenvalue weighted by atomic mass is 16.5. The first-order valence-electron chi connectivity index (χ1n) is 8.82. The van der Waals surface area contributed by atoms with E-state index in [9.17, 15) is 9.59 Å². The summed E-state index contributed by atoms with van der Waals surface area (Å²) in [4.78, 5) is 25.3. The number of aryl methyl sites for hydroxylation is 1. The first-order chi connectivity index (χ1) is 14.0. The molecule has 3 heterocycles. The predicted octanol–water partition coefficient (Wildman–Crippen LogP) is 3.36. The van der Waals surface area contributed by atoms with Gasteiger partial charge in [-0.3, -0.25) is 9.59 Å². The molecule has 0 N–H and O–H groups in total. The number of hydrogen-bond acceptors (Lipinski definition) is 7. The molecule has 29 heavy (non-hydrogen) atoms. The largest absolute Gasteiger partial charge is 0.497 e. The number of nitrogens with zero attached hydrogens (tertiary/aromatic N) is 3. The molecule has 0 saturated heterocycles. The molecule has 0 bridgehead atoms. The van der Waals surface area contributed by atoms with E-state index in [-0.39, 0.29) is 12.3 Å². The molecule has 0 fully saturated rings. The Morgan fingerprint density at radius 2 is 1.93 bits per heavy atom. The van der Waals surface area contributed by atoms with Crippen LogP contribution in [0.5, 0.6) is 5.75 Å². The lowest BCUT2D eigenvalue weighted by Gasteiger charge is -2.09. The minimum atomic E-state index is -0.439.